The van der Waals surface area contributed by atoms with Gasteiger partial charge in [-0.2, -0.15) is 0 Å². The van der Waals surface area contributed by atoms with Gasteiger partial charge in [-0.25, -0.2) is 10.1 Å². The van der Waals surface area contributed by atoms with Crippen LogP contribution in [-0.2, 0) is 0 Å². The second kappa shape index (κ2) is 3.50. The Morgan fingerprint density at radius 1 is 1.67 bits per heavy atom. The molecule has 0 aliphatic carbocycles. The topological polar surface area (TPSA) is 85.7 Å². The quantitative estimate of drug-likeness (QED) is 0.755. The monoisotopic (exact) mass is 225 g/mol. The second-order valence-electron chi connectivity index (χ2n) is 3.24. The van der Waals surface area contributed by atoms with E-state index in [1.165, 1.54) is 0 Å². The molecular formula is C8H11N5OS. The Balaban J connectivity index is 2.44. The van der Waals surface area contributed by atoms with E-state index in [0.29, 0.717) is 16.6 Å². The van der Waals surface area contributed by atoms with Crippen LogP contribution in [0.5, 0.6) is 0 Å². The van der Waals surface area contributed by atoms with Gasteiger partial charge in [0, 0.05) is 0 Å². The summed E-state index contributed by atoms with van der Waals surface area (Å²) in [6, 6.07) is -0.162. The lowest BCUT2D eigenvalue weighted by Gasteiger charge is -2.09. The molecule has 2 rings (SSSR count). The molecule has 2 aromatic heterocycles. The zero-order chi connectivity index (χ0) is 11.0. The van der Waals surface area contributed by atoms with Gasteiger partial charge in [-0.1, -0.05) is 0 Å². The van der Waals surface area contributed by atoms with Crippen LogP contribution in [0, 0.1) is 11.7 Å². The number of nitrogens with two attached hydrogens (primary N) is 1. The van der Waals surface area contributed by atoms with E-state index < -0.39 is 0 Å². The van der Waals surface area contributed by atoms with Gasteiger partial charge in [0.05, 0.1) is 6.20 Å². The molecule has 0 bridgehead atoms. The summed E-state index contributed by atoms with van der Waals surface area (Å²) >= 11 is 5.05. The first kappa shape index (κ1) is 9.91. The summed E-state index contributed by atoms with van der Waals surface area (Å²) in [5.74, 6) is 1.64. The second-order valence-corrected chi connectivity index (χ2v) is 3.63. The maximum absolute atomic E-state index is 5.67. The Labute approximate surface area is 91.1 Å². The van der Waals surface area contributed by atoms with Crippen molar-refractivity contribution < 1.29 is 4.42 Å². The number of aromatic nitrogens is 4. The van der Waals surface area contributed by atoms with Crippen LogP contribution in [0.4, 0.5) is 5.95 Å². The van der Waals surface area contributed by atoms with Gasteiger partial charge in [0.25, 0.3) is 0 Å². The van der Waals surface area contributed by atoms with Crippen LogP contribution >= 0.6 is 12.2 Å². The third-order valence-electron chi connectivity index (χ3n) is 2.12. The van der Waals surface area contributed by atoms with Gasteiger partial charge in [-0.05, 0) is 26.1 Å². The van der Waals surface area contributed by atoms with Crippen LogP contribution in [-0.4, -0.2) is 19.7 Å². The molecule has 0 aliphatic rings. The Morgan fingerprint density at radius 2 is 2.40 bits per heavy atom. The molecular weight excluding hydrogens is 214 g/mol. The van der Waals surface area contributed by atoms with Crippen molar-refractivity contribution in [2.45, 2.75) is 19.9 Å². The number of aryl methyl sites for hydroxylation is 1. The minimum atomic E-state index is -0.162. The molecule has 1 unspecified atom stereocenters. The molecule has 0 amide bonds. The fraction of sp³-hybridized carbons (Fsp3) is 0.375. The van der Waals surface area contributed by atoms with E-state index in [1.807, 2.05) is 13.8 Å². The Morgan fingerprint density at radius 3 is 2.87 bits per heavy atom. The predicted molar refractivity (Wildman–Crippen MR) is 56.9 cm³/mol. The molecule has 0 saturated carbocycles. The molecule has 1 atom stereocenters. The van der Waals surface area contributed by atoms with Gasteiger partial charge in [0.2, 0.25) is 11.8 Å². The van der Waals surface area contributed by atoms with Crippen molar-refractivity contribution in [3.05, 3.63) is 22.6 Å². The number of nitrogen functional groups attached to an aromatic ring is 1. The zero-order valence-corrected chi connectivity index (χ0v) is 9.21. The number of anilines is 1. The summed E-state index contributed by atoms with van der Waals surface area (Å²) in [6.45, 7) is 3.73. The summed E-state index contributed by atoms with van der Waals surface area (Å²) in [6.07, 6.45) is 1.66. The van der Waals surface area contributed by atoms with Crippen molar-refractivity contribution in [2.75, 3.05) is 5.73 Å². The van der Waals surface area contributed by atoms with E-state index in [4.69, 9.17) is 22.4 Å². The number of nitrogens with one attached hydrogen (secondary N) is 1. The average molecular weight is 225 g/mol. The predicted octanol–water partition coefficient (Wildman–Crippen LogP) is 1.43. The highest BCUT2D eigenvalue weighted by Gasteiger charge is 2.17. The van der Waals surface area contributed by atoms with Crippen molar-refractivity contribution in [3.63, 3.8) is 0 Å². The third kappa shape index (κ3) is 1.65. The maximum Gasteiger partial charge on any atom is 0.221 e. The average Bonchev–Trinajstić information content (AvgIpc) is 2.73. The summed E-state index contributed by atoms with van der Waals surface area (Å²) in [5.41, 5.74) is 5.67. The lowest BCUT2D eigenvalue weighted by atomic mass is 10.3. The lowest BCUT2D eigenvalue weighted by molar-refractivity contribution is 0.415. The zero-order valence-electron chi connectivity index (χ0n) is 8.39. The molecule has 0 fully saturated rings. The minimum absolute atomic E-state index is 0.162. The van der Waals surface area contributed by atoms with E-state index in [0.717, 1.165) is 5.76 Å². The van der Waals surface area contributed by atoms with Crippen molar-refractivity contribution in [3.8, 4) is 0 Å². The van der Waals surface area contributed by atoms with Gasteiger partial charge in [0.1, 0.15) is 11.8 Å². The summed E-state index contributed by atoms with van der Waals surface area (Å²) in [5, 5.41) is 6.44. The molecule has 0 aliphatic heterocycles. The van der Waals surface area contributed by atoms with E-state index in [9.17, 15) is 0 Å². The molecule has 3 N–H and O–H groups in total. The highest BCUT2D eigenvalue weighted by molar-refractivity contribution is 7.71. The maximum atomic E-state index is 5.67. The standard InChI is InChI=1S/C8H11N5OS/c1-4-3-10-6(14-4)5(2)13-7(9)11-12-8(13)15/h3,5H,1-2H3,(H2,9,11)(H,12,15). The number of oxazole rings is 1. The van der Waals surface area contributed by atoms with E-state index in [-0.39, 0.29) is 6.04 Å². The number of H-pyrrole nitrogens is 1. The van der Waals surface area contributed by atoms with Crippen LogP contribution in [0.15, 0.2) is 10.6 Å². The molecule has 0 aromatic carbocycles. The van der Waals surface area contributed by atoms with E-state index >= 15 is 0 Å². The summed E-state index contributed by atoms with van der Waals surface area (Å²) in [4.78, 5) is 4.12. The Bertz CT molecular complexity index is 525. The molecule has 6 nitrogen and oxygen atoms in total. The fourth-order valence-corrected chi connectivity index (χ4v) is 1.66. The summed E-state index contributed by atoms with van der Waals surface area (Å²) in [7, 11) is 0. The Kier molecular flexibility index (Phi) is 2.31. The molecule has 7 heteroatoms. The number of hydrogen-bond acceptors (Lipinski definition) is 5. The van der Waals surface area contributed by atoms with Crippen LogP contribution in [0.25, 0.3) is 0 Å². The molecule has 0 radical (unpaired) electrons. The van der Waals surface area contributed by atoms with Gasteiger partial charge in [0.15, 0.2) is 4.77 Å². The first-order valence-corrected chi connectivity index (χ1v) is 4.85. The number of rotatable bonds is 2. The molecule has 0 saturated heterocycles. The normalized spacial score (nSPS) is 12.9. The van der Waals surface area contributed by atoms with Gasteiger partial charge in [-0.3, -0.25) is 4.57 Å². The van der Waals surface area contributed by atoms with E-state index in [2.05, 4.69) is 15.2 Å². The van der Waals surface area contributed by atoms with Crippen LogP contribution in [0.3, 0.4) is 0 Å². The van der Waals surface area contributed by atoms with Crippen molar-refractivity contribution in [1.82, 2.24) is 19.7 Å². The number of hydrogen-bond donors (Lipinski definition) is 2. The van der Waals surface area contributed by atoms with Gasteiger partial charge in [-0.15, -0.1) is 5.10 Å². The first-order chi connectivity index (χ1) is 7.09. The largest absolute Gasteiger partial charge is 0.444 e. The van der Waals surface area contributed by atoms with E-state index in [1.54, 1.807) is 10.8 Å². The molecule has 2 aromatic rings. The smallest absolute Gasteiger partial charge is 0.221 e. The first-order valence-electron chi connectivity index (χ1n) is 4.44. The summed E-state index contributed by atoms with van der Waals surface area (Å²) < 4.78 is 7.51. The fourth-order valence-electron chi connectivity index (χ4n) is 1.37. The molecule has 2 heterocycles. The van der Waals surface area contributed by atoms with Crippen molar-refractivity contribution >= 4 is 18.2 Å². The van der Waals surface area contributed by atoms with Crippen LogP contribution in [0.1, 0.15) is 24.6 Å². The highest BCUT2D eigenvalue weighted by Crippen LogP contribution is 2.19. The van der Waals surface area contributed by atoms with Crippen LogP contribution < -0.4 is 5.73 Å². The highest BCUT2D eigenvalue weighted by atomic mass is 32.1. The lowest BCUT2D eigenvalue weighted by Crippen LogP contribution is -2.10. The van der Waals surface area contributed by atoms with Crippen molar-refractivity contribution in [1.29, 1.82) is 0 Å². The number of aromatic amines is 1. The molecule has 80 valence electrons. The van der Waals surface area contributed by atoms with Gasteiger partial charge < -0.3 is 10.2 Å². The third-order valence-corrected chi connectivity index (χ3v) is 2.40. The minimum Gasteiger partial charge on any atom is -0.444 e. The van der Waals surface area contributed by atoms with Gasteiger partial charge >= 0.3 is 0 Å². The SMILES string of the molecule is Cc1cnc(C(C)n2c(N)n[nH]c2=S)o1. The van der Waals surface area contributed by atoms with Crippen molar-refractivity contribution in [2.24, 2.45) is 0 Å². The number of nitrogens with zero attached hydrogens (tertiary/aromatic N) is 3. The van der Waals surface area contributed by atoms with Crippen LogP contribution in [0.2, 0.25) is 0 Å². The Hall–Kier alpha value is -1.63. The molecule has 0 spiro atoms. The molecule has 15 heavy (non-hydrogen) atoms.